The smallest absolute Gasteiger partial charge is 0.434 e. The molecular weight excluding hydrogens is 448 g/mol. The van der Waals surface area contributed by atoms with E-state index in [2.05, 4.69) is 5.32 Å². The number of hydrogen-bond acceptors (Lipinski definition) is 6. The van der Waals surface area contributed by atoms with Gasteiger partial charge in [0.1, 0.15) is 18.3 Å². The number of benzene rings is 2. The maximum Gasteiger partial charge on any atom is 0.434 e. The van der Waals surface area contributed by atoms with Crippen LogP contribution < -0.4 is 5.32 Å². The zero-order chi connectivity index (χ0) is 25.3. The predicted molar refractivity (Wildman–Crippen MR) is 131 cm³/mol. The van der Waals surface area contributed by atoms with Gasteiger partial charge in [-0.1, -0.05) is 60.7 Å². The van der Waals surface area contributed by atoms with Crippen molar-refractivity contribution in [3.05, 3.63) is 71.8 Å². The van der Waals surface area contributed by atoms with E-state index in [4.69, 9.17) is 14.2 Å². The van der Waals surface area contributed by atoms with Crippen molar-refractivity contribution in [2.45, 2.75) is 76.9 Å². The lowest BCUT2D eigenvalue weighted by Crippen LogP contribution is -2.44. The Kier molecular flexibility index (Phi) is 9.51. The second-order valence-corrected chi connectivity index (χ2v) is 9.69. The van der Waals surface area contributed by atoms with E-state index in [0.29, 0.717) is 37.3 Å². The molecular formula is C27H36N2O6. The minimum absolute atomic E-state index is 0.102. The number of nitrogens with zero attached hydrogens (tertiary/aromatic N) is 1. The maximum atomic E-state index is 12.5. The zero-order valence-corrected chi connectivity index (χ0v) is 20.7. The Labute approximate surface area is 207 Å². The molecule has 2 aromatic rings. The summed E-state index contributed by atoms with van der Waals surface area (Å²) in [5.74, 6) is 0. The molecule has 190 valence electrons. The van der Waals surface area contributed by atoms with Gasteiger partial charge in [-0.3, -0.25) is 5.21 Å². The minimum Gasteiger partial charge on any atom is -0.445 e. The summed E-state index contributed by atoms with van der Waals surface area (Å²) in [6.45, 7) is 5.94. The summed E-state index contributed by atoms with van der Waals surface area (Å²) in [6.07, 6.45) is 0.953. The molecule has 35 heavy (non-hydrogen) atoms. The van der Waals surface area contributed by atoms with Crippen LogP contribution in [0.25, 0.3) is 0 Å². The summed E-state index contributed by atoms with van der Waals surface area (Å²) in [5.41, 5.74) is 1.33. The van der Waals surface area contributed by atoms with E-state index in [1.807, 2.05) is 60.7 Å². The fraction of sp³-hybridized carbons (Fsp3) is 0.481. The summed E-state index contributed by atoms with van der Waals surface area (Å²) in [4.78, 5) is 24.4. The Morgan fingerprint density at radius 2 is 1.69 bits per heavy atom. The number of hydrogen-bond donors (Lipinski definition) is 2. The Morgan fingerprint density at radius 1 is 1.06 bits per heavy atom. The standard InChI is InChI=1S/C27H36N2O6/c1-27(2,3)35-26(31)29(32)22(17-16-20-11-6-4-7-12-20)24-23(34-24)15-10-18-28-25(30)33-19-21-13-8-5-9-14-21/h4-9,11-14,22-24,32H,10,15-19H2,1-3H3,(H,28,30)/t22?,23-,24-/m0/s1. The highest BCUT2D eigenvalue weighted by Crippen LogP contribution is 2.34. The molecule has 3 atom stereocenters. The minimum atomic E-state index is -0.785. The van der Waals surface area contributed by atoms with E-state index >= 15 is 0 Å². The van der Waals surface area contributed by atoms with Gasteiger partial charge in [-0.25, -0.2) is 9.59 Å². The number of rotatable bonds is 11. The summed E-state index contributed by atoms with van der Waals surface area (Å²) in [7, 11) is 0. The van der Waals surface area contributed by atoms with Gasteiger partial charge in [-0.2, -0.15) is 5.06 Å². The van der Waals surface area contributed by atoms with Crippen molar-refractivity contribution < 1.29 is 29.0 Å². The molecule has 1 saturated heterocycles. The SMILES string of the molecule is CC(C)(C)OC(=O)N(O)C(CCc1ccccc1)[C@@H]1O[C@H]1CCCNC(=O)OCc1ccccc1. The molecule has 2 aromatic carbocycles. The van der Waals surface area contributed by atoms with E-state index in [0.717, 1.165) is 11.1 Å². The van der Waals surface area contributed by atoms with Crippen LogP contribution in [-0.2, 0) is 27.2 Å². The number of amides is 2. The molecule has 0 aromatic heterocycles. The normalized spacial score (nSPS) is 17.8. The highest BCUT2D eigenvalue weighted by Gasteiger charge is 2.48. The van der Waals surface area contributed by atoms with Crippen LogP contribution in [0.2, 0.25) is 0 Å². The number of nitrogens with one attached hydrogen (secondary N) is 1. The lowest BCUT2D eigenvalue weighted by Gasteiger charge is -2.28. The quantitative estimate of drug-likeness (QED) is 0.199. The third kappa shape index (κ3) is 9.22. The zero-order valence-electron chi connectivity index (χ0n) is 20.7. The van der Waals surface area contributed by atoms with Gasteiger partial charge in [-0.15, -0.1) is 0 Å². The maximum absolute atomic E-state index is 12.5. The molecule has 1 heterocycles. The number of carbonyl (C=O) groups is 2. The van der Waals surface area contributed by atoms with Crippen molar-refractivity contribution >= 4 is 12.2 Å². The third-order valence-corrected chi connectivity index (χ3v) is 5.61. The van der Waals surface area contributed by atoms with Gasteiger partial charge in [0.15, 0.2) is 0 Å². The van der Waals surface area contributed by atoms with Crippen molar-refractivity contribution in [3.8, 4) is 0 Å². The van der Waals surface area contributed by atoms with Crippen LogP contribution in [0.15, 0.2) is 60.7 Å². The molecule has 1 unspecified atom stereocenters. The van der Waals surface area contributed by atoms with E-state index < -0.39 is 23.8 Å². The topological polar surface area (TPSA) is 101 Å². The second kappa shape index (κ2) is 12.6. The van der Waals surface area contributed by atoms with Crippen molar-refractivity contribution in [3.63, 3.8) is 0 Å². The highest BCUT2D eigenvalue weighted by atomic mass is 16.6. The first-order chi connectivity index (χ1) is 16.7. The van der Waals surface area contributed by atoms with Gasteiger partial charge >= 0.3 is 12.2 Å². The third-order valence-electron chi connectivity index (χ3n) is 5.61. The van der Waals surface area contributed by atoms with Gasteiger partial charge in [0.2, 0.25) is 0 Å². The Bertz CT molecular complexity index is 932. The molecule has 1 fully saturated rings. The van der Waals surface area contributed by atoms with Gasteiger partial charge in [0.05, 0.1) is 12.1 Å². The van der Waals surface area contributed by atoms with Gasteiger partial charge in [0, 0.05) is 6.54 Å². The van der Waals surface area contributed by atoms with Crippen molar-refractivity contribution in [1.82, 2.24) is 10.4 Å². The number of aryl methyl sites for hydroxylation is 1. The molecule has 1 aliphatic rings. The first kappa shape index (κ1) is 26.5. The van der Waals surface area contributed by atoms with E-state index in [-0.39, 0.29) is 18.8 Å². The van der Waals surface area contributed by atoms with Crippen LogP contribution >= 0.6 is 0 Å². The Hall–Kier alpha value is -3.10. The van der Waals surface area contributed by atoms with Crippen LogP contribution in [-0.4, -0.2) is 52.9 Å². The molecule has 1 aliphatic heterocycles. The molecule has 0 radical (unpaired) electrons. The molecule has 3 rings (SSSR count). The summed E-state index contributed by atoms with van der Waals surface area (Å²) < 4.78 is 16.4. The van der Waals surface area contributed by atoms with Crippen LogP contribution in [0.4, 0.5) is 9.59 Å². The summed E-state index contributed by atoms with van der Waals surface area (Å²) >= 11 is 0. The molecule has 8 heteroatoms. The monoisotopic (exact) mass is 484 g/mol. The van der Waals surface area contributed by atoms with Crippen LogP contribution in [0.1, 0.15) is 51.2 Å². The lowest BCUT2D eigenvalue weighted by atomic mass is 10.00. The number of hydroxylamine groups is 2. The van der Waals surface area contributed by atoms with Crippen LogP contribution in [0.5, 0.6) is 0 Å². The number of carbonyl (C=O) groups excluding carboxylic acids is 2. The molecule has 0 aliphatic carbocycles. The molecule has 0 saturated carbocycles. The first-order valence-corrected chi connectivity index (χ1v) is 12.1. The fourth-order valence-electron chi connectivity index (χ4n) is 3.82. The summed E-state index contributed by atoms with van der Waals surface area (Å²) in [5, 5.41) is 14.1. The van der Waals surface area contributed by atoms with E-state index in [9.17, 15) is 14.8 Å². The van der Waals surface area contributed by atoms with Crippen molar-refractivity contribution in [1.29, 1.82) is 0 Å². The van der Waals surface area contributed by atoms with E-state index in [1.165, 1.54) is 0 Å². The van der Waals surface area contributed by atoms with Gasteiger partial charge in [-0.05, 0) is 57.6 Å². The molecule has 0 spiro atoms. The molecule has 0 bridgehead atoms. The van der Waals surface area contributed by atoms with Gasteiger partial charge < -0.3 is 19.5 Å². The average Bonchev–Trinajstić information content (AvgIpc) is 3.60. The molecule has 8 nitrogen and oxygen atoms in total. The largest absolute Gasteiger partial charge is 0.445 e. The fourth-order valence-corrected chi connectivity index (χ4v) is 3.82. The van der Waals surface area contributed by atoms with Crippen molar-refractivity contribution in [2.24, 2.45) is 0 Å². The van der Waals surface area contributed by atoms with Crippen LogP contribution in [0.3, 0.4) is 0 Å². The molecule has 2 N–H and O–H groups in total. The first-order valence-electron chi connectivity index (χ1n) is 12.1. The second-order valence-electron chi connectivity index (χ2n) is 9.69. The number of epoxide rings is 1. The number of alkyl carbamates (subject to hydrolysis) is 1. The highest BCUT2D eigenvalue weighted by molar-refractivity contribution is 5.67. The molecule has 2 amide bonds. The van der Waals surface area contributed by atoms with Gasteiger partial charge in [0.25, 0.3) is 0 Å². The predicted octanol–water partition coefficient (Wildman–Crippen LogP) is 5.09. The Balaban J connectivity index is 1.44. The van der Waals surface area contributed by atoms with Crippen molar-refractivity contribution in [2.75, 3.05) is 6.54 Å². The van der Waals surface area contributed by atoms with Crippen LogP contribution in [0, 0.1) is 0 Å². The summed E-state index contributed by atoms with van der Waals surface area (Å²) in [6, 6.07) is 18.9. The van der Waals surface area contributed by atoms with E-state index in [1.54, 1.807) is 20.8 Å². The Morgan fingerprint density at radius 3 is 2.31 bits per heavy atom. The number of ether oxygens (including phenoxy) is 3. The average molecular weight is 485 g/mol. The lowest BCUT2D eigenvalue weighted by molar-refractivity contribution is -0.126.